The summed E-state index contributed by atoms with van der Waals surface area (Å²) in [4.78, 5) is 26.1. The quantitative estimate of drug-likeness (QED) is 0.343. The van der Waals surface area contributed by atoms with E-state index in [2.05, 4.69) is 9.88 Å². The zero-order valence-electron chi connectivity index (χ0n) is 22.8. The second-order valence-corrected chi connectivity index (χ2v) is 11.8. The summed E-state index contributed by atoms with van der Waals surface area (Å²) in [5.74, 6) is -0.184. The minimum absolute atomic E-state index is 0.0527. The van der Waals surface area contributed by atoms with E-state index in [1.54, 1.807) is 39.1 Å². The number of carbonyl (C=O) groups is 2. The van der Waals surface area contributed by atoms with Crippen LogP contribution in [0.5, 0.6) is 0 Å². The van der Waals surface area contributed by atoms with Crippen LogP contribution in [0.3, 0.4) is 0 Å². The Labute approximate surface area is 224 Å². The monoisotopic (exact) mass is 541 g/mol. The lowest BCUT2D eigenvalue weighted by Gasteiger charge is -2.40. The fourth-order valence-electron chi connectivity index (χ4n) is 4.97. The normalized spacial score (nSPS) is 14.2. The van der Waals surface area contributed by atoms with Gasteiger partial charge in [0.15, 0.2) is 11.9 Å². The van der Waals surface area contributed by atoms with Crippen LogP contribution in [0.4, 0.5) is 5.82 Å². The van der Waals surface area contributed by atoms with Crippen LogP contribution in [-0.4, -0.2) is 43.0 Å². The number of rotatable bonds is 11. The first-order chi connectivity index (χ1) is 17.8. The maximum atomic E-state index is 13.5. The number of anilines is 1. The smallest absolute Gasteiger partial charge is 0.314 e. The van der Waals surface area contributed by atoms with E-state index in [0.717, 1.165) is 5.56 Å². The van der Waals surface area contributed by atoms with Gasteiger partial charge in [-0.05, 0) is 31.9 Å². The van der Waals surface area contributed by atoms with Crippen LogP contribution in [0.15, 0.2) is 57.9 Å². The summed E-state index contributed by atoms with van der Waals surface area (Å²) < 4.78 is 34.5. The SMILES string of the molecule is CCCC(=O)[N+](C)(Cc1ccccc1-c1ccccc1S(=O)(=O)Nc1noc(C)c1C)[C@H](C(N)=O)C(C)C. The number of nitrogens with zero attached hydrogens (tertiary/aromatic N) is 2. The highest BCUT2D eigenvalue weighted by Gasteiger charge is 2.45. The summed E-state index contributed by atoms with van der Waals surface area (Å²) in [5, 5.41) is 3.83. The highest BCUT2D eigenvalue weighted by Crippen LogP contribution is 2.34. The van der Waals surface area contributed by atoms with E-state index in [4.69, 9.17) is 10.3 Å². The van der Waals surface area contributed by atoms with Crippen molar-refractivity contribution < 1.29 is 27.0 Å². The molecule has 1 heterocycles. The van der Waals surface area contributed by atoms with Gasteiger partial charge in [0.2, 0.25) is 0 Å². The van der Waals surface area contributed by atoms with Crippen LogP contribution in [0, 0.1) is 19.8 Å². The van der Waals surface area contributed by atoms with E-state index >= 15 is 0 Å². The first kappa shape index (κ1) is 29.1. The number of hydrogen-bond acceptors (Lipinski definition) is 6. The lowest BCUT2D eigenvalue weighted by molar-refractivity contribution is -0.868. The molecular formula is C28H37N4O5S+. The Balaban J connectivity index is 2.14. The molecule has 1 unspecified atom stereocenters. The summed E-state index contributed by atoms with van der Waals surface area (Å²) in [7, 11) is -2.31. The molecule has 0 radical (unpaired) electrons. The van der Waals surface area contributed by atoms with Crippen LogP contribution < -0.4 is 10.5 Å². The molecular weight excluding hydrogens is 504 g/mol. The standard InChI is InChI=1S/C28H36N4O5S/c1-7-12-25(33)32(6,26(18(2)3)27(29)34)17-21-13-8-9-14-22(21)23-15-10-11-16-24(23)38(35,36)31-28-19(4)20(5)37-30-28/h8-11,13-16,18,26H,7,12,17H2,1-6H3,(H2-,29,30,31,34)/p+1/t26-,32?/m0/s1. The molecule has 10 heteroatoms. The molecule has 38 heavy (non-hydrogen) atoms. The van der Waals surface area contributed by atoms with Gasteiger partial charge in [-0.15, -0.1) is 0 Å². The van der Waals surface area contributed by atoms with Crippen molar-refractivity contribution in [1.82, 2.24) is 5.16 Å². The second kappa shape index (κ2) is 11.5. The Morgan fingerprint density at radius 2 is 1.66 bits per heavy atom. The zero-order valence-corrected chi connectivity index (χ0v) is 23.6. The zero-order chi connectivity index (χ0) is 28.3. The topological polar surface area (TPSA) is 132 Å². The Kier molecular flexibility index (Phi) is 8.79. The van der Waals surface area contributed by atoms with Gasteiger partial charge in [0.05, 0.1) is 18.4 Å². The summed E-state index contributed by atoms with van der Waals surface area (Å²) in [6, 6.07) is 13.2. The van der Waals surface area contributed by atoms with Crippen LogP contribution >= 0.6 is 0 Å². The first-order valence-corrected chi connectivity index (χ1v) is 14.1. The van der Waals surface area contributed by atoms with Crippen molar-refractivity contribution in [3.8, 4) is 11.1 Å². The Bertz CT molecular complexity index is 1430. The third kappa shape index (κ3) is 5.81. The van der Waals surface area contributed by atoms with Crippen molar-refractivity contribution in [2.75, 3.05) is 11.8 Å². The number of hydrogen-bond donors (Lipinski definition) is 2. The second-order valence-electron chi connectivity index (χ2n) is 10.1. The minimum atomic E-state index is -4.05. The van der Waals surface area contributed by atoms with Gasteiger partial charge in [-0.1, -0.05) is 68.4 Å². The van der Waals surface area contributed by atoms with Crippen molar-refractivity contribution in [3.05, 3.63) is 65.4 Å². The third-order valence-electron chi connectivity index (χ3n) is 6.94. The lowest BCUT2D eigenvalue weighted by atomic mass is 9.94. The third-order valence-corrected chi connectivity index (χ3v) is 8.34. The van der Waals surface area contributed by atoms with Gasteiger partial charge >= 0.3 is 5.91 Å². The van der Waals surface area contributed by atoms with Crippen LogP contribution in [0.1, 0.15) is 50.5 Å². The number of sulfonamides is 1. The van der Waals surface area contributed by atoms with Gasteiger partial charge < -0.3 is 10.3 Å². The van der Waals surface area contributed by atoms with E-state index in [9.17, 15) is 18.0 Å². The van der Waals surface area contributed by atoms with E-state index in [-0.39, 0.29) is 33.6 Å². The van der Waals surface area contributed by atoms with Crippen LogP contribution in [0.2, 0.25) is 0 Å². The predicted octanol–water partition coefficient (Wildman–Crippen LogP) is 4.54. The average molecular weight is 542 g/mol. The fraction of sp³-hybridized carbons (Fsp3) is 0.393. The van der Waals surface area contributed by atoms with E-state index in [1.807, 2.05) is 45.0 Å². The van der Waals surface area contributed by atoms with Gasteiger partial charge in [-0.2, -0.15) is 0 Å². The molecule has 0 spiro atoms. The average Bonchev–Trinajstić information content (AvgIpc) is 3.15. The van der Waals surface area contributed by atoms with Gasteiger partial charge in [-0.3, -0.25) is 9.52 Å². The van der Waals surface area contributed by atoms with Crippen molar-refractivity contribution >= 4 is 27.7 Å². The number of primary amides is 1. The molecule has 2 aromatic carbocycles. The van der Waals surface area contributed by atoms with E-state index in [1.165, 1.54) is 6.07 Å². The number of benzene rings is 2. The number of quaternary nitrogens is 1. The predicted molar refractivity (Wildman–Crippen MR) is 146 cm³/mol. The molecule has 0 aliphatic carbocycles. The van der Waals surface area contributed by atoms with Gasteiger partial charge in [0.25, 0.3) is 15.9 Å². The maximum absolute atomic E-state index is 13.5. The molecule has 9 nitrogen and oxygen atoms in total. The molecule has 3 N–H and O–H groups in total. The summed E-state index contributed by atoms with van der Waals surface area (Å²) in [5.41, 5.74) is 8.24. The Hall–Kier alpha value is -3.50. The maximum Gasteiger partial charge on any atom is 0.314 e. The van der Waals surface area contributed by atoms with Gasteiger partial charge in [0, 0.05) is 22.6 Å². The lowest BCUT2D eigenvalue weighted by Crippen LogP contribution is -2.62. The number of nitrogens with one attached hydrogen (secondary N) is 1. The molecule has 0 fully saturated rings. The molecule has 204 valence electrons. The van der Waals surface area contributed by atoms with Crippen molar-refractivity contribution in [1.29, 1.82) is 0 Å². The number of nitrogens with two attached hydrogens (primary N) is 1. The van der Waals surface area contributed by atoms with Gasteiger partial charge in [0.1, 0.15) is 12.3 Å². The molecule has 0 aliphatic heterocycles. The molecule has 1 aromatic heterocycles. The van der Waals surface area contributed by atoms with Gasteiger partial charge in [-0.25, -0.2) is 17.7 Å². The number of aromatic nitrogens is 1. The number of aryl methyl sites for hydroxylation is 1. The summed E-state index contributed by atoms with van der Waals surface area (Å²) >= 11 is 0. The summed E-state index contributed by atoms with van der Waals surface area (Å²) in [6.45, 7) is 9.26. The molecule has 2 atom stereocenters. The minimum Gasteiger partial charge on any atom is -0.364 e. The van der Waals surface area contributed by atoms with Crippen molar-refractivity contribution in [2.24, 2.45) is 11.7 Å². The van der Waals surface area contributed by atoms with E-state index in [0.29, 0.717) is 35.3 Å². The largest absolute Gasteiger partial charge is 0.364 e. The molecule has 0 saturated heterocycles. The first-order valence-electron chi connectivity index (χ1n) is 12.6. The fourth-order valence-corrected chi connectivity index (χ4v) is 6.25. The molecule has 0 aliphatic rings. The van der Waals surface area contributed by atoms with E-state index < -0.39 is 22.0 Å². The highest BCUT2D eigenvalue weighted by molar-refractivity contribution is 7.92. The molecule has 2 amide bonds. The summed E-state index contributed by atoms with van der Waals surface area (Å²) in [6.07, 6.45) is 0.923. The number of amides is 2. The highest BCUT2D eigenvalue weighted by atomic mass is 32.2. The molecule has 3 aromatic rings. The van der Waals surface area contributed by atoms with Crippen molar-refractivity contribution in [3.63, 3.8) is 0 Å². The van der Waals surface area contributed by atoms with Crippen LogP contribution in [-0.2, 0) is 26.2 Å². The number of carbonyl (C=O) groups excluding carboxylic acids is 2. The molecule has 0 bridgehead atoms. The van der Waals surface area contributed by atoms with Crippen molar-refractivity contribution in [2.45, 2.75) is 64.9 Å². The van der Waals surface area contributed by atoms with Crippen LogP contribution in [0.25, 0.3) is 11.1 Å². The Morgan fingerprint density at radius 3 is 2.21 bits per heavy atom. The number of likely N-dealkylation sites (N-methyl/N-ethyl adjacent to an activating group) is 1. The molecule has 0 saturated carbocycles. The Morgan fingerprint density at radius 1 is 1.05 bits per heavy atom. The molecule has 3 rings (SSSR count).